The molecule has 24 heavy (non-hydrogen) atoms. The van der Waals surface area contributed by atoms with Gasteiger partial charge in [0.05, 0.1) is 12.7 Å². The third-order valence-electron chi connectivity index (χ3n) is 3.93. The van der Waals surface area contributed by atoms with Gasteiger partial charge in [0.25, 0.3) is 0 Å². The van der Waals surface area contributed by atoms with E-state index in [1.54, 1.807) is 19.2 Å². The summed E-state index contributed by atoms with van der Waals surface area (Å²) >= 11 is 5.77. The number of nitrogens with one attached hydrogen (secondary N) is 1. The first-order valence-electron chi connectivity index (χ1n) is 8.15. The molecule has 1 aliphatic heterocycles. The van der Waals surface area contributed by atoms with E-state index in [-0.39, 0.29) is 11.6 Å². The number of halogens is 2. The Morgan fingerprint density at radius 3 is 2.88 bits per heavy atom. The van der Waals surface area contributed by atoms with E-state index in [2.05, 4.69) is 24.1 Å². The van der Waals surface area contributed by atoms with Crippen LogP contribution in [0.5, 0.6) is 0 Å². The highest BCUT2D eigenvalue weighted by Crippen LogP contribution is 2.18. The first-order valence-corrected chi connectivity index (χ1v) is 8.53. The molecule has 2 aromatic rings. The first kappa shape index (κ1) is 18.6. The molecule has 1 aliphatic rings. The van der Waals surface area contributed by atoms with Gasteiger partial charge in [0.15, 0.2) is 5.78 Å². The molecule has 0 fully saturated rings. The third kappa shape index (κ3) is 4.42. The fourth-order valence-electron chi connectivity index (χ4n) is 2.76. The molecule has 0 saturated heterocycles. The maximum absolute atomic E-state index is 12.5. The normalized spacial score (nSPS) is 16.1. The Morgan fingerprint density at radius 2 is 2.25 bits per heavy atom. The number of rotatable bonds is 3. The van der Waals surface area contributed by atoms with Gasteiger partial charge in [-0.05, 0) is 31.0 Å². The van der Waals surface area contributed by atoms with E-state index in [9.17, 15) is 9.18 Å². The number of aryl methyl sites for hydroxylation is 1. The summed E-state index contributed by atoms with van der Waals surface area (Å²) in [5.41, 5.74) is 1.75. The van der Waals surface area contributed by atoms with Gasteiger partial charge >= 0.3 is 0 Å². The van der Waals surface area contributed by atoms with E-state index in [1.165, 1.54) is 12.1 Å². The van der Waals surface area contributed by atoms with Gasteiger partial charge in [-0.1, -0.05) is 31.0 Å². The number of ketones is 1. The predicted molar refractivity (Wildman–Crippen MR) is 94.1 cm³/mol. The second-order valence-corrected chi connectivity index (χ2v) is 6.36. The maximum atomic E-state index is 12.5. The van der Waals surface area contributed by atoms with Crippen molar-refractivity contribution in [2.24, 2.45) is 0 Å². The van der Waals surface area contributed by atoms with Gasteiger partial charge in [0.2, 0.25) is 0 Å². The van der Waals surface area contributed by atoms with Crippen molar-refractivity contribution in [2.75, 3.05) is 6.54 Å². The van der Waals surface area contributed by atoms with E-state index in [0.717, 1.165) is 43.0 Å². The summed E-state index contributed by atoms with van der Waals surface area (Å²) in [5, 5.41) is 3.78. The summed E-state index contributed by atoms with van der Waals surface area (Å²) in [6.45, 7) is 7.41. The van der Waals surface area contributed by atoms with Gasteiger partial charge in [-0.25, -0.2) is 9.37 Å². The number of benzene rings is 1. The van der Waals surface area contributed by atoms with Gasteiger partial charge in [0, 0.05) is 24.5 Å². The Labute approximate surface area is 147 Å². The fourth-order valence-corrected chi connectivity index (χ4v) is 3.02. The summed E-state index contributed by atoms with van der Waals surface area (Å²) in [6.07, 6.45) is 3.62. The molecule has 0 saturated carbocycles. The van der Waals surface area contributed by atoms with Crippen molar-refractivity contribution in [1.82, 2.24) is 14.9 Å². The number of aromatic nitrogens is 2. The Bertz CT molecular complexity index is 714. The minimum Gasteiger partial charge on any atom is -0.320 e. The fraction of sp³-hybridized carbons (Fsp3) is 0.444. The molecule has 1 atom stereocenters. The van der Waals surface area contributed by atoms with Crippen molar-refractivity contribution in [3.8, 4) is 0 Å². The van der Waals surface area contributed by atoms with E-state index in [4.69, 9.17) is 11.6 Å². The zero-order chi connectivity index (χ0) is 17.7. The van der Waals surface area contributed by atoms with E-state index < -0.39 is 0 Å². The third-order valence-corrected chi connectivity index (χ3v) is 4.28. The van der Waals surface area contributed by atoms with Crippen LogP contribution in [0.4, 0.5) is 4.39 Å². The number of imidazole rings is 1. The monoisotopic (exact) mass is 351 g/mol. The molecular formula is C18H23ClFN3O. The lowest BCUT2D eigenvalue weighted by Crippen LogP contribution is -2.32. The van der Waals surface area contributed by atoms with Gasteiger partial charge < -0.3 is 9.88 Å². The van der Waals surface area contributed by atoms with Gasteiger partial charge in [-0.3, -0.25) is 4.79 Å². The second-order valence-electron chi connectivity index (χ2n) is 5.95. The van der Waals surface area contributed by atoms with Crippen molar-refractivity contribution in [3.05, 3.63) is 52.3 Å². The molecule has 0 radical (unpaired) electrons. The second kappa shape index (κ2) is 8.40. The van der Waals surface area contributed by atoms with Crippen molar-refractivity contribution in [3.63, 3.8) is 0 Å². The number of fused-ring (bicyclic) bond motifs is 1. The quantitative estimate of drug-likeness (QED) is 0.844. The van der Waals surface area contributed by atoms with Crippen LogP contribution in [0.1, 0.15) is 55.1 Å². The zero-order valence-corrected chi connectivity index (χ0v) is 15.0. The van der Waals surface area contributed by atoms with E-state index in [1.807, 2.05) is 4.57 Å². The molecule has 1 N–H and O–H groups in total. The number of Topliss-reactive ketones (excluding diaryl/α,β-unsaturated/α-hetero) is 1. The van der Waals surface area contributed by atoms with Crippen LogP contribution >= 0.6 is 11.6 Å². The Morgan fingerprint density at radius 1 is 1.50 bits per heavy atom. The highest BCUT2D eigenvalue weighted by atomic mass is 35.5. The molecule has 4 nitrogen and oxygen atoms in total. The molecule has 6 heteroatoms. The number of carbonyl (C=O) groups is 1. The summed E-state index contributed by atoms with van der Waals surface area (Å²) in [4.78, 5) is 15.5. The molecule has 1 aromatic carbocycles. The minimum absolute atomic E-state index is 0.0903. The molecule has 2 heterocycles. The molecule has 130 valence electrons. The SMILES string of the molecule is CC(=O)c1cnc2n1C(C)CNC2.CCCc1ccc(F)cc1Cl. The average molecular weight is 352 g/mol. The topological polar surface area (TPSA) is 46.9 Å². The van der Waals surface area contributed by atoms with Gasteiger partial charge in [0.1, 0.15) is 17.3 Å². The summed E-state index contributed by atoms with van der Waals surface area (Å²) < 4.78 is 14.5. The minimum atomic E-state index is -0.269. The molecule has 0 amide bonds. The lowest BCUT2D eigenvalue weighted by Gasteiger charge is -2.24. The lowest BCUT2D eigenvalue weighted by atomic mass is 10.1. The van der Waals surface area contributed by atoms with Crippen molar-refractivity contribution < 1.29 is 9.18 Å². The highest BCUT2D eigenvalue weighted by molar-refractivity contribution is 6.31. The highest BCUT2D eigenvalue weighted by Gasteiger charge is 2.21. The van der Waals surface area contributed by atoms with Crippen LogP contribution in [0.15, 0.2) is 24.4 Å². The average Bonchev–Trinajstić information content (AvgIpc) is 2.97. The summed E-state index contributed by atoms with van der Waals surface area (Å²) in [7, 11) is 0. The van der Waals surface area contributed by atoms with E-state index >= 15 is 0 Å². The first-order chi connectivity index (χ1) is 11.4. The van der Waals surface area contributed by atoms with Crippen molar-refractivity contribution in [1.29, 1.82) is 0 Å². The molecule has 3 rings (SSSR count). The summed E-state index contributed by atoms with van der Waals surface area (Å²) in [5.74, 6) is 0.784. The standard InChI is InChI=1S/C9H10ClF.C9H13N3O/c1-2-3-7-4-5-8(11)6-9(7)10;1-6-3-10-5-9-11-4-8(7(2)13)12(6)9/h4-6H,2-3H2,1H3;4,6,10H,3,5H2,1-2H3. The predicted octanol–water partition coefficient (Wildman–Crippen LogP) is 4.18. The van der Waals surface area contributed by atoms with Crippen LogP contribution in [0.3, 0.4) is 0 Å². The molecule has 0 aliphatic carbocycles. The zero-order valence-electron chi connectivity index (χ0n) is 14.3. The van der Waals surface area contributed by atoms with Gasteiger partial charge in [-0.2, -0.15) is 0 Å². The van der Waals surface area contributed by atoms with Crippen LogP contribution in [0.25, 0.3) is 0 Å². The maximum Gasteiger partial charge on any atom is 0.177 e. The molecule has 0 spiro atoms. The Kier molecular flexibility index (Phi) is 6.52. The molecular weight excluding hydrogens is 329 g/mol. The Hall–Kier alpha value is -1.72. The van der Waals surface area contributed by atoms with Crippen LogP contribution in [0, 0.1) is 5.82 Å². The molecule has 1 aromatic heterocycles. The smallest absolute Gasteiger partial charge is 0.177 e. The van der Waals surface area contributed by atoms with E-state index in [0.29, 0.717) is 11.1 Å². The van der Waals surface area contributed by atoms with Crippen molar-refractivity contribution in [2.45, 2.75) is 46.2 Å². The number of hydrogen-bond acceptors (Lipinski definition) is 3. The van der Waals surface area contributed by atoms with Crippen LogP contribution in [0.2, 0.25) is 5.02 Å². The van der Waals surface area contributed by atoms with Crippen LogP contribution < -0.4 is 5.32 Å². The number of nitrogens with zero attached hydrogens (tertiary/aromatic N) is 2. The summed E-state index contributed by atoms with van der Waals surface area (Å²) in [6, 6.07) is 4.86. The number of carbonyl (C=O) groups excluding carboxylic acids is 1. The van der Waals surface area contributed by atoms with Gasteiger partial charge in [-0.15, -0.1) is 0 Å². The Balaban J connectivity index is 0.000000177. The number of hydrogen-bond donors (Lipinski definition) is 1. The van der Waals surface area contributed by atoms with Crippen LogP contribution in [-0.2, 0) is 13.0 Å². The largest absolute Gasteiger partial charge is 0.320 e. The van der Waals surface area contributed by atoms with Crippen LogP contribution in [-0.4, -0.2) is 21.9 Å². The lowest BCUT2D eigenvalue weighted by molar-refractivity contribution is 0.100. The molecule has 1 unspecified atom stereocenters. The molecule has 0 bridgehead atoms. The van der Waals surface area contributed by atoms with Crippen molar-refractivity contribution >= 4 is 17.4 Å².